The molecule has 0 N–H and O–H groups in total. The van der Waals surface area contributed by atoms with Crippen LogP contribution in [0.1, 0.15) is 45.6 Å². The molecule has 2 heterocycles. The number of carbonyl (C=O) groups excluding carboxylic acids is 1. The van der Waals surface area contributed by atoms with Crippen molar-refractivity contribution in [3.63, 3.8) is 0 Å². The van der Waals surface area contributed by atoms with Crippen molar-refractivity contribution in [2.45, 2.75) is 52.2 Å². The van der Waals surface area contributed by atoms with Gasteiger partial charge >= 0.3 is 6.09 Å². The summed E-state index contributed by atoms with van der Waals surface area (Å²) in [5, 5.41) is 12.9. The monoisotopic (exact) mass is 304 g/mol. The lowest BCUT2D eigenvalue weighted by atomic mass is 9.94. The Morgan fingerprint density at radius 1 is 1.45 bits per heavy atom. The van der Waals surface area contributed by atoms with E-state index in [9.17, 15) is 4.79 Å². The smallest absolute Gasteiger partial charge is 0.410 e. The molecule has 1 amide bonds. The van der Waals surface area contributed by atoms with Gasteiger partial charge in [-0.25, -0.2) is 4.79 Å². The third-order valence-electron chi connectivity index (χ3n) is 3.80. The Morgan fingerprint density at radius 2 is 2.14 bits per heavy atom. The van der Waals surface area contributed by atoms with Gasteiger partial charge in [-0.3, -0.25) is 4.68 Å². The zero-order valence-corrected chi connectivity index (χ0v) is 13.6. The summed E-state index contributed by atoms with van der Waals surface area (Å²) < 4.78 is 7.22. The topological polar surface area (TPSA) is 71.2 Å². The van der Waals surface area contributed by atoms with Gasteiger partial charge in [0.15, 0.2) is 0 Å². The molecule has 2 rings (SSSR count). The molecule has 6 heteroatoms. The largest absolute Gasteiger partial charge is 0.444 e. The standard InChI is InChI=1S/C16H24N4O2/c1-16(2,3)22-15(21)19-7-4-13(5-8-19)6-9-20-12-14(10-17)11-18-20/h11-13H,4-9H2,1-3H3. The highest BCUT2D eigenvalue weighted by Crippen LogP contribution is 2.22. The molecule has 1 aliphatic rings. The summed E-state index contributed by atoms with van der Waals surface area (Å²) in [6, 6.07) is 2.08. The number of hydrogen-bond acceptors (Lipinski definition) is 4. The first kappa shape index (κ1) is 16.3. The van der Waals surface area contributed by atoms with E-state index in [-0.39, 0.29) is 6.09 Å². The molecule has 22 heavy (non-hydrogen) atoms. The highest BCUT2D eigenvalue weighted by Gasteiger charge is 2.26. The van der Waals surface area contributed by atoms with E-state index >= 15 is 0 Å². The second kappa shape index (κ2) is 6.82. The van der Waals surface area contributed by atoms with E-state index in [1.165, 1.54) is 0 Å². The molecule has 1 fully saturated rings. The average Bonchev–Trinajstić information content (AvgIpc) is 2.92. The van der Waals surface area contributed by atoms with Crippen LogP contribution in [0.5, 0.6) is 0 Å². The number of piperidine rings is 1. The van der Waals surface area contributed by atoms with Crippen LogP contribution in [0, 0.1) is 17.2 Å². The summed E-state index contributed by atoms with van der Waals surface area (Å²) in [4.78, 5) is 13.8. The van der Waals surface area contributed by atoms with Crippen LogP contribution in [0.2, 0.25) is 0 Å². The van der Waals surface area contributed by atoms with Gasteiger partial charge in [-0.2, -0.15) is 10.4 Å². The normalized spacial score (nSPS) is 16.4. The molecule has 1 saturated heterocycles. The Balaban J connectivity index is 1.73. The molecular formula is C16H24N4O2. The fourth-order valence-electron chi connectivity index (χ4n) is 2.59. The van der Waals surface area contributed by atoms with E-state index in [0.717, 1.165) is 38.9 Å². The van der Waals surface area contributed by atoms with Crippen LogP contribution in [-0.4, -0.2) is 39.5 Å². The molecule has 0 atom stereocenters. The third-order valence-corrected chi connectivity index (χ3v) is 3.80. The fraction of sp³-hybridized carbons (Fsp3) is 0.688. The number of hydrogen-bond donors (Lipinski definition) is 0. The minimum Gasteiger partial charge on any atom is -0.444 e. The molecule has 1 aromatic heterocycles. The molecule has 0 spiro atoms. The Morgan fingerprint density at radius 3 is 2.68 bits per heavy atom. The predicted octanol–water partition coefficient (Wildman–Crippen LogP) is 2.79. The molecule has 120 valence electrons. The maximum absolute atomic E-state index is 12.0. The number of ether oxygens (including phenoxy) is 1. The van der Waals surface area contributed by atoms with Gasteiger partial charge in [0.1, 0.15) is 11.7 Å². The molecule has 0 unspecified atom stereocenters. The van der Waals surface area contributed by atoms with E-state index in [2.05, 4.69) is 11.2 Å². The molecule has 0 bridgehead atoms. The van der Waals surface area contributed by atoms with Crippen LogP contribution in [0.15, 0.2) is 12.4 Å². The molecule has 1 aromatic rings. The maximum atomic E-state index is 12.0. The first-order valence-corrected chi connectivity index (χ1v) is 7.78. The van der Waals surface area contributed by atoms with E-state index in [1.54, 1.807) is 17.3 Å². The van der Waals surface area contributed by atoms with Crippen molar-refractivity contribution >= 4 is 6.09 Å². The first-order valence-electron chi connectivity index (χ1n) is 7.78. The van der Waals surface area contributed by atoms with Crippen molar-refractivity contribution < 1.29 is 9.53 Å². The van der Waals surface area contributed by atoms with Crippen LogP contribution in [0.4, 0.5) is 4.79 Å². The highest BCUT2D eigenvalue weighted by atomic mass is 16.6. The summed E-state index contributed by atoms with van der Waals surface area (Å²) in [5.74, 6) is 0.591. The summed E-state index contributed by atoms with van der Waals surface area (Å²) in [6.45, 7) is 7.98. The van der Waals surface area contributed by atoms with E-state index in [0.29, 0.717) is 11.5 Å². The lowest BCUT2D eigenvalue weighted by Crippen LogP contribution is -2.41. The Hall–Kier alpha value is -2.03. The van der Waals surface area contributed by atoms with Gasteiger partial charge in [0.25, 0.3) is 0 Å². The van der Waals surface area contributed by atoms with Crippen molar-refractivity contribution in [3.8, 4) is 6.07 Å². The fourth-order valence-corrected chi connectivity index (χ4v) is 2.59. The second-order valence-electron chi connectivity index (χ2n) is 6.80. The van der Waals surface area contributed by atoms with E-state index in [1.807, 2.05) is 25.5 Å². The van der Waals surface area contributed by atoms with Crippen molar-refractivity contribution in [2.24, 2.45) is 5.92 Å². The lowest BCUT2D eigenvalue weighted by molar-refractivity contribution is 0.0179. The summed E-state index contributed by atoms with van der Waals surface area (Å²) in [5.41, 5.74) is 0.159. The van der Waals surface area contributed by atoms with Crippen LogP contribution in [0.25, 0.3) is 0 Å². The third kappa shape index (κ3) is 4.76. The van der Waals surface area contributed by atoms with Crippen molar-refractivity contribution in [1.82, 2.24) is 14.7 Å². The van der Waals surface area contributed by atoms with Gasteiger partial charge in [-0.15, -0.1) is 0 Å². The number of aryl methyl sites for hydroxylation is 1. The number of carbonyl (C=O) groups is 1. The van der Waals surface area contributed by atoms with Gasteiger partial charge in [0.2, 0.25) is 0 Å². The quantitative estimate of drug-likeness (QED) is 0.861. The van der Waals surface area contributed by atoms with Gasteiger partial charge in [-0.1, -0.05) is 0 Å². The van der Waals surface area contributed by atoms with Crippen LogP contribution >= 0.6 is 0 Å². The zero-order valence-electron chi connectivity index (χ0n) is 13.6. The first-order chi connectivity index (χ1) is 10.4. The Labute approximate surface area is 131 Å². The molecule has 0 radical (unpaired) electrons. The molecule has 0 aliphatic carbocycles. The number of aromatic nitrogens is 2. The second-order valence-corrected chi connectivity index (χ2v) is 6.80. The maximum Gasteiger partial charge on any atom is 0.410 e. The van der Waals surface area contributed by atoms with Crippen molar-refractivity contribution in [2.75, 3.05) is 13.1 Å². The van der Waals surface area contributed by atoms with E-state index in [4.69, 9.17) is 10.00 Å². The zero-order chi connectivity index (χ0) is 16.2. The Kier molecular flexibility index (Phi) is 5.07. The number of likely N-dealkylation sites (tertiary alicyclic amines) is 1. The van der Waals surface area contributed by atoms with Crippen LogP contribution < -0.4 is 0 Å². The number of nitriles is 1. The molecule has 1 aliphatic heterocycles. The summed E-state index contributed by atoms with van der Waals surface area (Å²) >= 11 is 0. The predicted molar refractivity (Wildman–Crippen MR) is 82.1 cm³/mol. The van der Waals surface area contributed by atoms with Crippen LogP contribution in [-0.2, 0) is 11.3 Å². The number of nitrogens with zero attached hydrogens (tertiary/aromatic N) is 4. The summed E-state index contributed by atoms with van der Waals surface area (Å²) in [7, 11) is 0. The average molecular weight is 304 g/mol. The van der Waals surface area contributed by atoms with Crippen molar-refractivity contribution in [1.29, 1.82) is 5.26 Å². The molecular weight excluding hydrogens is 280 g/mol. The van der Waals surface area contributed by atoms with Crippen LogP contribution in [0.3, 0.4) is 0 Å². The molecule has 0 aromatic carbocycles. The van der Waals surface area contributed by atoms with Gasteiger partial charge < -0.3 is 9.64 Å². The SMILES string of the molecule is CC(C)(C)OC(=O)N1CCC(CCn2cc(C#N)cn2)CC1. The molecule has 0 saturated carbocycles. The highest BCUT2D eigenvalue weighted by molar-refractivity contribution is 5.68. The number of amides is 1. The minimum atomic E-state index is -0.438. The Bertz CT molecular complexity index is 545. The minimum absolute atomic E-state index is 0.211. The number of rotatable bonds is 3. The molecule has 6 nitrogen and oxygen atoms in total. The van der Waals surface area contributed by atoms with E-state index < -0.39 is 5.60 Å². The van der Waals surface area contributed by atoms with Crippen molar-refractivity contribution in [3.05, 3.63) is 18.0 Å². The van der Waals surface area contributed by atoms with Gasteiger partial charge in [0.05, 0.1) is 11.8 Å². The van der Waals surface area contributed by atoms with Gasteiger partial charge in [-0.05, 0) is 46.0 Å². The van der Waals surface area contributed by atoms with Gasteiger partial charge in [0, 0.05) is 25.8 Å². The lowest BCUT2D eigenvalue weighted by Gasteiger charge is -2.33. The summed E-state index contributed by atoms with van der Waals surface area (Å²) in [6.07, 6.45) is 6.16.